The van der Waals surface area contributed by atoms with E-state index in [2.05, 4.69) is 10.2 Å². The van der Waals surface area contributed by atoms with Gasteiger partial charge in [-0.05, 0) is 12.0 Å². The molecular weight excluding hydrogens is 328 g/mol. The number of benzene rings is 1. The SMILES string of the molecule is CC[C@@H](C(=O)N1CC(S(=O)(=O)c2nncn2C)C1)c1ccccc1. The van der Waals surface area contributed by atoms with E-state index in [0.29, 0.717) is 6.42 Å². The van der Waals surface area contributed by atoms with E-state index in [-0.39, 0.29) is 30.1 Å². The number of aryl methyl sites for hydroxylation is 1. The summed E-state index contributed by atoms with van der Waals surface area (Å²) < 4.78 is 26.4. The predicted molar refractivity (Wildman–Crippen MR) is 88.0 cm³/mol. The molecule has 1 saturated heterocycles. The van der Waals surface area contributed by atoms with Crippen molar-refractivity contribution in [1.82, 2.24) is 19.7 Å². The first-order valence-electron chi connectivity index (χ1n) is 7.86. The minimum absolute atomic E-state index is 0.0203. The van der Waals surface area contributed by atoms with Gasteiger partial charge in [0.15, 0.2) is 0 Å². The lowest BCUT2D eigenvalue weighted by molar-refractivity contribution is -0.136. The third-order valence-electron chi connectivity index (χ3n) is 4.43. The van der Waals surface area contributed by atoms with E-state index >= 15 is 0 Å². The third kappa shape index (κ3) is 2.82. The number of likely N-dealkylation sites (tertiary alicyclic amines) is 1. The van der Waals surface area contributed by atoms with Gasteiger partial charge in [-0.1, -0.05) is 37.3 Å². The van der Waals surface area contributed by atoms with Crippen LogP contribution in [0.15, 0.2) is 41.8 Å². The fourth-order valence-corrected chi connectivity index (χ4v) is 4.61. The molecule has 0 unspecified atom stereocenters. The first-order chi connectivity index (χ1) is 11.4. The third-order valence-corrected chi connectivity index (χ3v) is 6.49. The first kappa shape index (κ1) is 16.6. The van der Waals surface area contributed by atoms with Crippen LogP contribution >= 0.6 is 0 Å². The van der Waals surface area contributed by atoms with Crippen molar-refractivity contribution in [3.63, 3.8) is 0 Å². The Morgan fingerprint density at radius 3 is 2.50 bits per heavy atom. The number of sulfone groups is 1. The molecule has 1 aromatic heterocycles. The Bertz CT molecular complexity index is 826. The fraction of sp³-hybridized carbons (Fsp3) is 0.438. The molecule has 0 N–H and O–H groups in total. The smallest absolute Gasteiger partial charge is 0.249 e. The van der Waals surface area contributed by atoms with Crippen molar-refractivity contribution in [2.75, 3.05) is 13.1 Å². The Kier molecular flexibility index (Phi) is 4.40. The molecule has 1 aliphatic heterocycles. The van der Waals surface area contributed by atoms with Crippen LogP contribution in [0.5, 0.6) is 0 Å². The fourth-order valence-electron chi connectivity index (χ4n) is 2.95. The zero-order chi connectivity index (χ0) is 17.3. The Morgan fingerprint density at radius 1 is 1.29 bits per heavy atom. The lowest BCUT2D eigenvalue weighted by atomic mass is 9.94. The number of rotatable bonds is 5. The van der Waals surface area contributed by atoms with Crippen LogP contribution in [0.3, 0.4) is 0 Å². The van der Waals surface area contributed by atoms with Gasteiger partial charge < -0.3 is 9.47 Å². The summed E-state index contributed by atoms with van der Waals surface area (Å²) in [5.41, 5.74) is 0.963. The van der Waals surface area contributed by atoms with Gasteiger partial charge in [0.2, 0.25) is 20.9 Å². The van der Waals surface area contributed by atoms with Gasteiger partial charge in [0.25, 0.3) is 0 Å². The monoisotopic (exact) mass is 348 g/mol. The molecule has 128 valence electrons. The quantitative estimate of drug-likeness (QED) is 0.804. The maximum absolute atomic E-state index is 12.7. The second kappa shape index (κ2) is 6.35. The predicted octanol–water partition coefficient (Wildman–Crippen LogP) is 0.993. The van der Waals surface area contributed by atoms with Crippen molar-refractivity contribution in [3.8, 4) is 0 Å². The average molecular weight is 348 g/mol. The van der Waals surface area contributed by atoms with Gasteiger partial charge in [-0.3, -0.25) is 4.79 Å². The summed E-state index contributed by atoms with van der Waals surface area (Å²) in [6.45, 7) is 2.37. The molecule has 2 heterocycles. The molecule has 1 fully saturated rings. The van der Waals surface area contributed by atoms with Gasteiger partial charge in [0.1, 0.15) is 11.6 Å². The summed E-state index contributed by atoms with van der Waals surface area (Å²) in [5, 5.41) is 6.64. The first-order valence-corrected chi connectivity index (χ1v) is 9.41. The van der Waals surface area contributed by atoms with Crippen LogP contribution in [0, 0.1) is 0 Å². The molecule has 0 radical (unpaired) electrons. The summed E-state index contributed by atoms with van der Waals surface area (Å²) in [6, 6.07) is 9.58. The second-order valence-electron chi connectivity index (χ2n) is 6.01. The van der Waals surface area contributed by atoms with E-state index in [1.807, 2.05) is 37.3 Å². The molecule has 0 aliphatic carbocycles. The zero-order valence-electron chi connectivity index (χ0n) is 13.7. The molecule has 0 bridgehead atoms. The highest BCUT2D eigenvalue weighted by atomic mass is 32.2. The van der Waals surface area contributed by atoms with Crippen LogP contribution in [0.25, 0.3) is 0 Å². The van der Waals surface area contributed by atoms with Gasteiger partial charge in [0.05, 0.1) is 5.92 Å². The Hall–Kier alpha value is -2.22. The van der Waals surface area contributed by atoms with Crippen LogP contribution < -0.4 is 0 Å². The van der Waals surface area contributed by atoms with Crippen molar-refractivity contribution in [2.45, 2.75) is 29.7 Å². The summed E-state index contributed by atoms with van der Waals surface area (Å²) in [5.74, 6) is -0.252. The van der Waals surface area contributed by atoms with Gasteiger partial charge in [0, 0.05) is 20.1 Å². The maximum Gasteiger partial charge on any atom is 0.249 e. The zero-order valence-corrected chi connectivity index (χ0v) is 14.5. The Morgan fingerprint density at radius 2 is 1.96 bits per heavy atom. The molecule has 7 nitrogen and oxygen atoms in total. The van der Waals surface area contributed by atoms with E-state index in [9.17, 15) is 13.2 Å². The van der Waals surface area contributed by atoms with Crippen molar-refractivity contribution in [1.29, 1.82) is 0 Å². The molecule has 0 spiro atoms. The Balaban J connectivity index is 1.70. The minimum Gasteiger partial charge on any atom is -0.339 e. The number of aromatic nitrogens is 3. The summed E-state index contributed by atoms with van der Waals surface area (Å²) in [7, 11) is -1.96. The molecule has 3 rings (SSSR count). The lowest BCUT2D eigenvalue weighted by Crippen LogP contribution is -2.58. The average Bonchev–Trinajstić information content (AvgIpc) is 2.94. The highest BCUT2D eigenvalue weighted by molar-refractivity contribution is 7.92. The number of carbonyl (C=O) groups is 1. The molecule has 1 atom stereocenters. The van der Waals surface area contributed by atoms with Crippen molar-refractivity contribution >= 4 is 15.7 Å². The van der Waals surface area contributed by atoms with Crippen LogP contribution in [0.2, 0.25) is 0 Å². The highest BCUT2D eigenvalue weighted by Crippen LogP contribution is 2.28. The van der Waals surface area contributed by atoms with Crippen LogP contribution in [-0.4, -0.2) is 52.3 Å². The molecule has 0 saturated carbocycles. The van der Waals surface area contributed by atoms with Crippen molar-refractivity contribution in [2.24, 2.45) is 7.05 Å². The standard InChI is InChI=1S/C16H20N4O3S/c1-3-14(12-7-5-4-6-8-12)15(21)20-9-13(10-20)24(22,23)16-18-17-11-19(16)2/h4-8,11,13-14H,3,9-10H2,1-2H3/t14-/m1/s1. The molecule has 1 amide bonds. The highest BCUT2D eigenvalue weighted by Gasteiger charge is 2.43. The van der Waals surface area contributed by atoms with Crippen molar-refractivity contribution < 1.29 is 13.2 Å². The summed E-state index contributed by atoms with van der Waals surface area (Å²) in [6.07, 6.45) is 2.04. The molecule has 1 aliphatic rings. The van der Waals surface area contributed by atoms with E-state index in [0.717, 1.165) is 5.56 Å². The molecule has 1 aromatic carbocycles. The normalized spacial score (nSPS) is 16.7. The summed E-state index contributed by atoms with van der Waals surface area (Å²) >= 11 is 0. The van der Waals surface area contributed by atoms with E-state index in [4.69, 9.17) is 0 Å². The number of amides is 1. The molecular formula is C16H20N4O3S. The van der Waals surface area contributed by atoms with E-state index in [1.54, 1.807) is 11.9 Å². The van der Waals surface area contributed by atoms with Crippen LogP contribution in [0.4, 0.5) is 0 Å². The maximum atomic E-state index is 12.7. The number of hydrogen-bond acceptors (Lipinski definition) is 5. The van der Waals surface area contributed by atoms with Crippen LogP contribution in [-0.2, 0) is 21.7 Å². The van der Waals surface area contributed by atoms with Gasteiger partial charge in [-0.2, -0.15) is 0 Å². The Labute approximate surface area is 141 Å². The number of hydrogen-bond donors (Lipinski definition) is 0. The van der Waals surface area contributed by atoms with Crippen molar-refractivity contribution in [3.05, 3.63) is 42.2 Å². The van der Waals surface area contributed by atoms with E-state index < -0.39 is 15.1 Å². The molecule has 24 heavy (non-hydrogen) atoms. The number of nitrogens with zero attached hydrogens (tertiary/aromatic N) is 4. The largest absolute Gasteiger partial charge is 0.339 e. The van der Waals surface area contributed by atoms with Gasteiger partial charge >= 0.3 is 0 Å². The topological polar surface area (TPSA) is 85.2 Å². The summed E-state index contributed by atoms with van der Waals surface area (Å²) in [4.78, 5) is 14.3. The van der Waals surface area contributed by atoms with Gasteiger partial charge in [-0.25, -0.2) is 8.42 Å². The second-order valence-corrected chi connectivity index (χ2v) is 8.13. The number of carbonyl (C=O) groups excluding carboxylic acids is 1. The lowest BCUT2D eigenvalue weighted by Gasteiger charge is -2.40. The van der Waals surface area contributed by atoms with E-state index in [1.165, 1.54) is 10.9 Å². The molecule has 8 heteroatoms. The van der Waals surface area contributed by atoms with Crippen LogP contribution in [0.1, 0.15) is 24.8 Å². The molecule has 2 aromatic rings. The minimum atomic E-state index is -3.56. The van der Waals surface area contributed by atoms with Gasteiger partial charge in [-0.15, -0.1) is 10.2 Å².